The lowest BCUT2D eigenvalue weighted by Gasteiger charge is -2.04. The maximum absolute atomic E-state index is 12.8. The van der Waals surface area contributed by atoms with Gasteiger partial charge < -0.3 is 5.32 Å². The molecule has 0 aromatic heterocycles. The fraction of sp³-hybridized carbons (Fsp3) is 0.111. The normalized spacial score (nSPS) is 9.08. The minimum atomic E-state index is -0.634. The molecule has 0 aliphatic rings. The molecule has 1 rings (SSSR count). The van der Waals surface area contributed by atoms with Gasteiger partial charge in [0.15, 0.2) is 0 Å². The van der Waals surface area contributed by atoms with Gasteiger partial charge in [0, 0.05) is 0 Å². The molecule has 0 saturated carbocycles. The number of benzene rings is 1. The highest BCUT2D eigenvalue weighted by atomic mass is 19.1. The minimum Gasteiger partial charge on any atom is -0.369 e. The van der Waals surface area contributed by atoms with Gasteiger partial charge >= 0.3 is 0 Å². The van der Waals surface area contributed by atoms with Gasteiger partial charge in [-0.2, -0.15) is 0 Å². The summed E-state index contributed by atoms with van der Waals surface area (Å²) in [5.74, 6) is 0.958. The summed E-state index contributed by atoms with van der Waals surface area (Å²) < 4.78 is 25.6. The van der Waals surface area contributed by atoms with E-state index in [9.17, 15) is 8.78 Å². The van der Waals surface area contributed by atoms with Crippen LogP contribution in [0.25, 0.3) is 0 Å². The van der Waals surface area contributed by atoms with E-state index in [1.807, 2.05) is 0 Å². The molecule has 1 aromatic rings. The van der Waals surface area contributed by atoms with E-state index in [-0.39, 0.29) is 12.2 Å². The maximum Gasteiger partial charge on any atom is 0.149 e. The van der Waals surface area contributed by atoms with Crippen LogP contribution in [0.1, 0.15) is 0 Å². The average molecular weight is 167 g/mol. The highest BCUT2D eigenvalue weighted by molar-refractivity contribution is 5.46. The zero-order valence-corrected chi connectivity index (χ0v) is 6.27. The zero-order chi connectivity index (χ0) is 8.97. The summed E-state index contributed by atoms with van der Waals surface area (Å²) in [6.07, 6.45) is 4.92. The van der Waals surface area contributed by atoms with Gasteiger partial charge in [-0.15, -0.1) is 6.42 Å². The molecule has 0 bridgehead atoms. The van der Waals surface area contributed by atoms with Gasteiger partial charge in [0.2, 0.25) is 0 Å². The Bertz CT molecular complexity index is 295. The fourth-order valence-electron chi connectivity index (χ4n) is 0.806. The second-order valence-electron chi connectivity index (χ2n) is 2.15. The Kier molecular flexibility index (Phi) is 2.65. The Morgan fingerprint density at radius 2 is 1.92 bits per heavy atom. The van der Waals surface area contributed by atoms with E-state index in [0.717, 1.165) is 0 Å². The van der Waals surface area contributed by atoms with Gasteiger partial charge in [0.25, 0.3) is 0 Å². The van der Waals surface area contributed by atoms with Crippen molar-refractivity contribution in [2.75, 3.05) is 11.9 Å². The number of nitrogens with one attached hydrogen (secondary N) is 1. The highest BCUT2D eigenvalue weighted by Gasteiger charge is 2.05. The second kappa shape index (κ2) is 3.72. The van der Waals surface area contributed by atoms with Crippen LogP contribution in [-0.4, -0.2) is 6.54 Å². The Morgan fingerprint density at radius 3 is 2.42 bits per heavy atom. The Hall–Kier alpha value is -1.56. The molecule has 0 aliphatic heterocycles. The van der Waals surface area contributed by atoms with Gasteiger partial charge in [0.05, 0.1) is 6.54 Å². The van der Waals surface area contributed by atoms with E-state index >= 15 is 0 Å². The molecule has 62 valence electrons. The summed E-state index contributed by atoms with van der Waals surface area (Å²) in [6, 6.07) is 3.63. The van der Waals surface area contributed by atoms with Crippen LogP contribution in [0.4, 0.5) is 14.5 Å². The summed E-state index contributed by atoms with van der Waals surface area (Å²) in [7, 11) is 0. The van der Waals surface area contributed by atoms with Crippen LogP contribution in [-0.2, 0) is 0 Å². The largest absolute Gasteiger partial charge is 0.369 e. The Balaban J connectivity index is 2.90. The summed E-state index contributed by atoms with van der Waals surface area (Å²) in [4.78, 5) is 0. The number of anilines is 1. The predicted molar refractivity (Wildman–Crippen MR) is 43.7 cm³/mol. The van der Waals surface area contributed by atoms with Crippen molar-refractivity contribution in [3.63, 3.8) is 0 Å². The van der Waals surface area contributed by atoms with Gasteiger partial charge in [-0.3, -0.25) is 0 Å². The third-order valence-corrected chi connectivity index (χ3v) is 1.33. The van der Waals surface area contributed by atoms with Gasteiger partial charge in [-0.25, -0.2) is 8.78 Å². The molecule has 1 nitrogen and oxygen atoms in total. The van der Waals surface area contributed by atoms with Crippen LogP contribution in [0.3, 0.4) is 0 Å². The number of hydrogen-bond acceptors (Lipinski definition) is 1. The first kappa shape index (κ1) is 8.54. The topological polar surface area (TPSA) is 12.0 Å². The van der Waals surface area contributed by atoms with Crippen LogP contribution >= 0.6 is 0 Å². The lowest BCUT2D eigenvalue weighted by molar-refractivity contribution is 0.589. The van der Waals surface area contributed by atoms with Crippen molar-refractivity contribution in [3.8, 4) is 12.3 Å². The van der Waals surface area contributed by atoms with E-state index in [4.69, 9.17) is 6.42 Å². The van der Waals surface area contributed by atoms with Crippen LogP contribution < -0.4 is 5.32 Å². The molecule has 0 saturated heterocycles. The lowest BCUT2D eigenvalue weighted by atomic mass is 10.3. The summed E-state index contributed by atoms with van der Waals surface area (Å²) in [5.41, 5.74) is -0.171. The number of para-hydroxylation sites is 1. The van der Waals surface area contributed by atoms with Crippen molar-refractivity contribution >= 4 is 5.69 Å². The van der Waals surface area contributed by atoms with Crippen molar-refractivity contribution in [3.05, 3.63) is 29.8 Å². The highest BCUT2D eigenvalue weighted by Crippen LogP contribution is 2.16. The molecule has 12 heavy (non-hydrogen) atoms. The lowest BCUT2D eigenvalue weighted by Crippen LogP contribution is -2.02. The van der Waals surface area contributed by atoms with Crippen LogP contribution in [0, 0.1) is 24.0 Å². The molecule has 0 atom stereocenters. The van der Waals surface area contributed by atoms with Crippen molar-refractivity contribution < 1.29 is 8.78 Å². The molecule has 0 fully saturated rings. The van der Waals surface area contributed by atoms with E-state index in [2.05, 4.69) is 11.2 Å². The van der Waals surface area contributed by atoms with Crippen molar-refractivity contribution in [2.45, 2.75) is 0 Å². The third-order valence-electron chi connectivity index (χ3n) is 1.33. The van der Waals surface area contributed by atoms with Crippen molar-refractivity contribution in [1.29, 1.82) is 0 Å². The van der Waals surface area contributed by atoms with E-state index in [1.165, 1.54) is 18.2 Å². The Morgan fingerprint density at radius 1 is 1.33 bits per heavy atom. The Labute approximate surface area is 69.4 Å². The predicted octanol–water partition coefficient (Wildman–Crippen LogP) is 2.01. The molecular formula is C9H7F2N. The number of rotatable bonds is 2. The number of hydrogen-bond donors (Lipinski definition) is 1. The fourth-order valence-corrected chi connectivity index (χ4v) is 0.806. The summed E-state index contributed by atoms with van der Waals surface area (Å²) in [6.45, 7) is 0.109. The van der Waals surface area contributed by atoms with E-state index in [0.29, 0.717) is 0 Å². The zero-order valence-electron chi connectivity index (χ0n) is 6.27. The first-order chi connectivity index (χ1) is 5.75. The smallest absolute Gasteiger partial charge is 0.149 e. The molecular weight excluding hydrogens is 160 g/mol. The first-order valence-electron chi connectivity index (χ1n) is 3.37. The standard InChI is InChI=1S/C9H7F2N/c1-2-6-12-9-7(10)4-3-5-8(9)11/h1,3-5,12H,6H2. The van der Waals surface area contributed by atoms with E-state index in [1.54, 1.807) is 0 Å². The van der Waals surface area contributed by atoms with Crippen molar-refractivity contribution in [1.82, 2.24) is 0 Å². The second-order valence-corrected chi connectivity index (χ2v) is 2.15. The number of halogens is 2. The molecule has 1 aromatic carbocycles. The van der Waals surface area contributed by atoms with Crippen LogP contribution in [0.2, 0.25) is 0 Å². The first-order valence-corrected chi connectivity index (χ1v) is 3.37. The van der Waals surface area contributed by atoms with Gasteiger partial charge in [0.1, 0.15) is 17.3 Å². The molecule has 0 spiro atoms. The minimum absolute atomic E-state index is 0.109. The SMILES string of the molecule is C#CCNc1c(F)cccc1F. The quantitative estimate of drug-likeness (QED) is 0.664. The van der Waals surface area contributed by atoms with Crippen LogP contribution in [0.15, 0.2) is 18.2 Å². The molecule has 3 heteroatoms. The third kappa shape index (κ3) is 1.73. The number of terminal acetylenes is 1. The van der Waals surface area contributed by atoms with Gasteiger partial charge in [-0.05, 0) is 12.1 Å². The average Bonchev–Trinajstić information content (AvgIpc) is 2.04. The maximum atomic E-state index is 12.8. The summed E-state index contributed by atoms with van der Waals surface area (Å²) >= 11 is 0. The molecule has 0 amide bonds. The molecule has 1 N–H and O–H groups in total. The molecule has 0 aliphatic carbocycles. The van der Waals surface area contributed by atoms with E-state index < -0.39 is 11.6 Å². The molecule has 0 heterocycles. The van der Waals surface area contributed by atoms with Gasteiger partial charge in [-0.1, -0.05) is 12.0 Å². The van der Waals surface area contributed by atoms with Crippen molar-refractivity contribution in [2.24, 2.45) is 0 Å². The summed E-state index contributed by atoms with van der Waals surface area (Å²) in [5, 5.41) is 2.44. The monoisotopic (exact) mass is 167 g/mol. The van der Waals surface area contributed by atoms with Crippen LogP contribution in [0.5, 0.6) is 0 Å². The molecule has 0 radical (unpaired) electrons. The molecule has 0 unspecified atom stereocenters.